The molecule has 0 saturated carbocycles. The van der Waals surface area contributed by atoms with Crippen LogP contribution in [0.4, 0.5) is 0 Å². The topological polar surface area (TPSA) is 70.2 Å². The Morgan fingerprint density at radius 2 is 2.30 bits per heavy atom. The number of carbonyl (C=O) groups excluding carboxylic acids is 1. The lowest BCUT2D eigenvalue weighted by molar-refractivity contribution is 0.0612. The van der Waals surface area contributed by atoms with Crippen LogP contribution in [0.5, 0.6) is 0 Å². The van der Waals surface area contributed by atoms with E-state index in [1.807, 2.05) is 0 Å². The zero-order chi connectivity index (χ0) is 13.8. The number of likely N-dealkylation sites (tertiary alicyclic amines) is 1. The fraction of sp³-hybridized carbons (Fsp3) is 0.714. The standard InChI is InChI=1S/C14H22N4O2/c19-14(13-8-15-10-16-13)17-11-3-5-18(6-4-11)9-12-2-1-7-20-12/h8,10-12H,1-7,9H2,(H,15,16)(H,17,19)/t12-/m0/s1. The zero-order valence-corrected chi connectivity index (χ0v) is 11.7. The van der Waals surface area contributed by atoms with E-state index in [1.54, 1.807) is 6.20 Å². The summed E-state index contributed by atoms with van der Waals surface area (Å²) in [6.07, 6.45) is 7.91. The first-order valence-electron chi connectivity index (χ1n) is 7.44. The van der Waals surface area contributed by atoms with E-state index in [1.165, 1.54) is 19.2 Å². The molecule has 6 heteroatoms. The second-order valence-electron chi connectivity index (χ2n) is 5.65. The number of rotatable bonds is 4. The van der Waals surface area contributed by atoms with Crippen molar-refractivity contribution in [3.63, 3.8) is 0 Å². The van der Waals surface area contributed by atoms with Crippen molar-refractivity contribution in [3.05, 3.63) is 18.2 Å². The van der Waals surface area contributed by atoms with Gasteiger partial charge >= 0.3 is 0 Å². The van der Waals surface area contributed by atoms with E-state index >= 15 is 0 Å². The van der Waals surface area contributed by atoms with Crippen LogP contribution in [0.15, 0.2) is 12.5 Å². The Morgan fingerprint density at radius 1 is 1.45 bits per heavy atom. The number of H-pyrrole nitrogens is 1. The third-order valence-electron chi connectivity index (χ3n) is 4.15. The Hall–Kier alpha value is -1.40. The number of imidazole rings is 1. The Kier molecular flexibility index (Phi) is 4.32. The molecule has 2 aliphatic rings. The fourth-order valence-electron chi connectivity index (χ4n) is 2.98. The van der Waals surface area contributed by atoms with Gasteiger partial charge < -0.3 is 19.9 Å². The molecule has 2 saturated heterocycles. The predicted molar refractivity (Wildman–Crippen MR) is 74.5 cm³/mol. The van der Waals surface area contributed by atoms with Gasteiger partial charge in [0.15, 0.2) is 0 Å². The summed E-state index contributed by atoms with van der Waals surface area (Å²) in [6.45, 7) is 4.03. The van der Waals surface area contributed by atoms with Crippen molar-refractivity contribution in [2.45, 2.75) is 37.8 Å². The molecule has 0 bridgehead atoms. The van der Waals surface area contributed by atoms with Gasteiger partial charge in [-0.25, -0.2) is 4.98 Å². The summed E-state index contributed by atoms with van der Waals surface area (Å²) in [4.78, 5) is 21.1. The lowest BCUT2D eigenvalue weighted by Crippen LogP contribution is -2.46. The molecule has 2 fully saturated rings. The van der Waals surface area contributed by atoms with E-state index in [4.69, 9.17) is 4.74 Å². The minimum Gasteiger partial charge on any atom is -0.377 e. The molecule has 1 amide bonds. The zero-order valence-electron chi connectivity index (χ0n) is 11.7. The van der Waals surface area contributed by atoms with Crippen LogP contribution < -0.4 is 5.32 Å². The summed E-state index contributed by atoms with van der Waals surface area (Å²) in [6, 6.07) is 0.270. The van der Waals surface area contributed by atoms with Crippen LogP contribution >= 0.6 is 0 Å². The molecule has 0 unspecified atom stereocenters. The second kappa shape index (κ2) is 6.37. The number of nitrogens with one attached hydrogen (secondary N) is 2. The molecule has 2 aliphatic heterocycles. The third-order valence-corrected chi connectivity index (χ3v) is 4.15. The van der Waals surface area contributed by atoms with Gasteiger partial charge in [-0.1, -0.05) is 0 Å². The predicted octanol–water partition coefficient (Wildman–Crippen LogP) is 0.783. The summed E-state index contributed by atoms with van der Waals surface area (Å²) < 4.78 is 5.67. The highest BCUT2D eigenvalue weighted by atomic mass is 16.5. The van der Waals surface area contributed by atoms with Crippen LogP contribution in [0.1, 0.15) is 36.2 Å². The van der Waals surface area contributed by atoms with Crippen LogP contribution in [0.25, 0.3) is 0 Å². The molecular weight excluding hydrogens is 256 g/mol. The quantitative estimate of drug-likeness (QED) is 0.854. The van der Waals surface area contributed by atoms with E-state index in [0.29, 0.717) is 11.8 Å². The van der Waals surface area contributed by atoms with Gasteiger partial charge in [-0.05, 0) is 25.7 Å². The lowest BCUT2D eigenvalue weighted by atomic mass is 10.0. The van der Waals surface area contributed by atoms with Gasteiger partial charge in [0.2, 0.25) is 0 Å². The smallest absolute Gasteiger partial charge is 0.269 e. The van der Waals surface area contributed by atoms with Crippen LogP contribution in [0, 0.1) is 0 Å². The third kappa shape index (κ3) is 3.37. The number of carbonyl (C=O) groups is 1. The molecule has 0 aromatic carbocycles. The molecular formula is C14H22N4O2. The van der Waals surface area contributed by atoms with Crippen molar-refractivity contribution in [2.24, 2.45) is 0 Å². The maximum atomic E-state index is 11.9. The number of amides is 1. The van der Waals surface area contributed by atoms with Crippen LogP contribution in [-0.2, 0) is 4.74 Å². The van der Waals surface area contributed by atoms with Crippen LogP contribution in [0.3, 0.4) is 0 Å². The average molecular weight is 278 g/mol. The molecule has 0 spiro atoms. The monoisotopic (exact) mass is 278 g/mol. The van der Waals surface area contributed by atoms with E-state index in [9.17, 15) is 4.79 Å². The van der Waals surface area contributed by atoms with Crippen molar-refractivity contribution >= 4 is 5.91 Å². The number of piperidine rings is 1. The molecule has 0 radical (unpaired) electrons. The van der Waals surface area contributed by atoms with E-state index in [0.717, 1.165) is 39.1 Å². The Morgan fingerprint density at radius 3 is 2.95 bits per heavy atom. The van der Waals surface area contributed by atoms with Gasteiger partial charge in [-0.3, -0.25) is 4.79 Å². The minimum atomic E-state index is -0.0555. The molecule has 1 aromatic heterocycles. The fourth-order valence-corrected chi connectivity index (χ4v) is 2.98. The van der Waals surface area contributed by atoms with Crippen LogP contribution in [0.2, 0.25) is 0 Å². The van der Waals surface area contributed by atoms with Gasteiger partial charge in [0, 0.05) is 32.3 Å². The highest BCUT2D eigenvalue weighted by Gasteiger charge is 2.24. The van der Waals surface area contributed by atoms with Crippen molar-refractivity contribution in [2.75, 3.05) is 26.2 Å². The summed E-state index contributed by atoms with van der Waals surface area (Å²) in [5, 5.41) is 3.07. The van der Waals surface area contributed by atoms with Gasteiger partial charge in [0.25, 0.3) is 5.91 Å². The number of hydrogen-bond acceptors (Lipinski definition) is 4. The van der Waals surface area contributed by atoms with Gasteiger partial charge in [-0.15, -0.1) is 0 Å². The summed E-state index contributed by atoms with van der Waals surface area (Å²) in [7, 11) is 0. The molecule has 110 valence electrons. The molecule has 20 heavy (non-hydrogen) atoms. The van der Waals surface area contributed by atoms with Crippen molar-refractivity contribution in [1.29, 1.82) is 0 Å². The van der Waals surface area contributed by atoms with Crippen molar-refractivity contribution in [3.8, 4) is 0 Å². The van der Waals surface area contributed by atoms with E-state index in [2.05, 4.69) is 20.2 Å². The largest absolute Gasteiger partial charge is 0.377 e. The van der Waals surface area contributed by atoms with Gasteiger partial charge in [0.05, 0.1) is 18.6 Å². The van der Waals surface area contributed by atoms with E-state index < -0.39 is 0 Å². The average Bonchev–Trinajstić information content (AvgIpc) is 3.13. The highest BCUT2D eigenvalue weighted by molar-refractivity contribution is 5.92. The van der Waals surface area contributed by atoms with E-state index in [-0.39, 0.29) is 11.9 Å². The first-order valence-corrected chi connectivity index (χ1v) is 7.44. The molecule has 1 aromatic rings. The molecule has 3 rings (SSSR count). The van der Waals surface area contributed by atoms with Crippen LogP contribution in [-0.4, -0.2) is 59.2 Å². The Labute approximate surface area is 118 Å². The summed E-state index contributed by atoms with van der Waals surface area (Å²) >= 11 is 0. The summed E-state index contributed by atoms with van der Waals surface area (Å²) in [5.74, 6) is -0.0555. The minimum absolute atomic E-state index is 0.0555. The molecule has 3 heterocycles. The SMILES string of the molecule is O=C(NC1CCN(C[C@@H]2CCCO2)CC1)c1cnc[nH]1. The molecule has 6 nitrogen and oxygen atoms in total. The number of hydrogen-bond donors (Lipinski definition) is 2. The maximum Gasteiger partial charge on any atom is 0.269 e. The highest BCUT2D eigenvalue weighted by Crippen LogP contribution is 2.17. The Bertz CT molecular complexity index is 420. The number of ether oxygens (including phenoxy) is 1. The summed E-state index contributed by atoms with van der Waals surface area (Å²) in [5.41, 5.74) is 0.534. The molecule has 2 N–H and O–H groups in total. The lowest BCUT2D eigenvalue weighted by Gasteiger charge is -2.33. The number of nitrogens with zero attached hydrogens (tertiary/aromatic N) is 2. The Balaban J connectivity index is 1.40. The first kappa shape index (κ1) is 13.6. The van der Waals surface area contributed by atoms with Gasteiger partial charge in [-0.2, -0.15) is 0 Å². The molecule has 0 aliphatic carbocycles. The maximum absolute atomic E-state index is 11.9. The molecule has 1 atom stereocenters. The van der Waals surface area contributed by atoms with Crippen molar-refractivity contribution in [1.82, 2.24) is 20.2 Å². The van der Waals surface area contributed by atoms with Crippen molar-refractivity contribution < 1.29 is 9.53 Å². The number of aromatic nitrogens is 2. The number of aromatic amines is 1. The second-order valence-corrected chi connectivity index (χ2v) is 5.65. The first-order chi connectivity index (χ1) is 9.81. The van der Waals surface area contributed by atoms with Gasteiger partial charge in [0.1, 0.15) is 5.69 Å². The normalized spacial score (nSPS) is 24.9.